The minimum atomic E-state index is -0.978. The normalized spacial score (nSPS) is 11.4. The van der Waals surface area contributed by atoms with Crippen LogP contribution in [0, 0.1) is 0 Å². The second-order valence-electron chi connectivity index (χ2n) is 6.28. The van der Waals surface area contributed by atoms with Crippen molar-refractivity contribution in [1.29, 1.82) is 0 Å². The smallest absolute Gasteiger partial charge is 0.344 e. The minimum absolute atomic E-state index is 0.321. The summed E-state index contributed by atoms with van der Waals surface area (Å²) in [6, 6.07) is 23.8. The van der Waals surface area contributed by atoms with Gasteiger partial charge in [0.25, 0.3) is 5.91 Å². The molecule has 3 aromatic carbocycles. The fourth-order valence-corrected chi connectivity index (χ4v) is 2.86. The van der Waals surface area contributed by atoms with Crippen molar-refractivity contribution >= 4 is 29.2 Å². The van der Waals surface area contributed by atoms with Crippen molar-refractivity contribution in [3.63, 3.8) is 0 Å². The Hall–Kier alpha value is -3.31. The lowest BCUT2D eigenvalue weighted by Gasteiger charge is -2.16. The Bertz CT molecular complexity index is 991. The molecule has 0 aliphatic rings. The summed E-state index contributed by atoms with van der Waals surface area (Å²) in [5.74, 6) is -0.628. The number of anilines is 1. The predicted molar refractivity (Wildman–Crippen MR) is 113 cm³/mol. The summed E-state index contributed by atoms with van der Waals surface area (Å²) in [4.78, 5) is 24.5. The van der Waals surface area contributed by atoms with Crippen LogP contribution in [0.4, 0.5) is 5.69 Å². The maximum absolute atomic E-state index is 12.5. The number of amides is 1. The maximum Gasteiger partial charge on any atom is 0.344 e. The second kappa shape index (κ2) is 9.75. The van der Waals surface area contributed by atoms with Crippen LogP contribution in [0.2, 0.25) is 5.02 Å². The largest absolute Gasteiger partial charge is 0.482 e. The van der Waals surface area contributed by atoms with E-state index in [4.69, 9.17) is 21.1 Å². The molecule has 1 atom stereocenters. The number of halogens is 1. The number of carbonyl (C=O) groups excluding carboxylic acids is 2. The molecule has 29 heavy (non-hydrogen) atoms. The summed E-state index contributed by atoms with van der Waals surface area (Å²) in [6.07, 6.45) is -0.978. The molecule has 0 fully saturated rings. The van der Waals surface area contributed by atoms with Gasteiger partial charge in [0.2, 0.25) is 0 Å². The Labute approximate surface area is 174 Å². The van der Waals surface area contributed by atoms with Crippen LogP contribution in [-0.2, 0) is 14.3 Å². The van der Waals surface area contributed by atoms with Crippen LogP contribution in [-0.4, -0.2) is 24.6 Å². The van der Waals surface area contributed by atoms with E-state index in [-0.39, 0.29) is 6.61 Å². The van der Waals surface area contributed by atoms with Crippen molar-refractivity contribution in [2.45, 2.75) is 13.0 Å². The van der Waals surface area contributed by atoms with Crippen LogP contribution in [0.3, 0.4) is 0 Å². The van der Waals surface area contributed by atoms with Gasteiger partial charge in [0.05, 0.1) is 0 Å². The Balaban J connectivity index is 1.58. The second-order valence-corrected chi connectivity index (χ2v) is 6.72. The number of ether oxygens (including phenoxy) is 2. The van der Waals surface area contributed by atoms with Gasteiger partial charge in [-0.1, -0.05) is 66.2 Å². The molecular formula is C23H20ClNO4. The average Bonchev–Trinajstić information content (AvgIpc) is 2.73. The molecule has 0 aliphatic carbocycles. The topological polar surface area (TPSA) is 64.6 Å². The Morgan fingerprint density at radius 2 is 1.69 bits per heavy atom. The first-order valence-corrected chi connectivity index (χ1v) is 9.44. The van der Waals surface area contributed by atoms with Crippen molar-refractivity contribution < 1.29 is 19.1 Å². The summed E-state index contributed by atoms with van der Waals surface area (Å²) in [6.45, 7) is 1.19. The van der Waals surface area contributed by atoms with Gasteiger partial charge in [0.1, 0.15) is 5.75 Å². The monoisotopic (exact) mass is 409 g/mol. The summed E-state index contributed by atoms with van der Waals surface area (Å²) >= 11 is 5.87. The van der Waals surface area contributed by atoms with Crippen molar-refractivity contribution in [1.82, 2.24) is 0 Å². The Morgan fingerprint density at radius 3 is 2.45 bits per heavy atom. The molecule has 0 bridgehead atoms. The fraction of sp³-hybridized carbons (Fsp3) is 0.130. The molecule has 0 aromatic heterocycles. The van der Waals surface area contributed by atoms with Gasteiger partial charge >= 0.3 is 5.97 Å². The van der Waals surface area contributed by atoms with Crippen molar-refractivity contribution in [3.05, 3.63) is 83.9 Å². The van der Waals surface area contributed by atoms with E-state index in [9.17, 15) is 9.59 Å². The zero-order valence-electron chi connectivity index (χ0n) is 15.8. The van der Waals surface area contributed by atoms with Crippen molar-refractivity contribution in [2.75, 3.05) is 11.9 Å². The third-order valence-corrected chi connectivity index (χ3v) is 4.34. The number of rotatable bonds is 7. The number of esters is 1. The van der Waals surface area contributed by atoms with Crippen molar-refractivity contribution in [2.24, 2.45) is 0 Å². The van der Waals surface area contributed by atoms with Crippen LogP contribution in [0.1, 0.15) is 6.92 Å². The lowest BCUT2D eigenvalue weighted by Crippen LogP contribution is -2.31. The van der Waals surface area contributed by atoms with Crippen LogP contribution < -0.4 is 10.1 Å². The fourth-order valence-electron chi connectivity index (χ4n) is 2.68. The van der Waals surface area contributed by atoms with Gasteiger partial charge in [-0.15, -0.1) is 0 Å². The summed E-state index contributed by atoms with van der Waals surface area (Å²) in [7, 11) is 0. The molecule has 5 nitrogen and oxygen atoms in total. The molecule has 0 saturated heterocycles. The molecule has 0 aliphatic heterocycles. The standard InChI is InChI=1S/C23H20ClNO4/c1-16(29-22(26)15-28-19-11-7-10-18(24)14-19)23(27)25-21-13-6-5-12-20(21)17-8-3-2-4-9-17/h2-14,16H,15H2,1H3,(H,25,27). The minimum Gasteiger partial charge on any atom is -0.482 e. The van der Waals surface area contributed by atoms with E-state index >= 15 is 0 Å². The number of nitrogens with one attached hydrogen (secondary N) is 1. The van der Waals surface area contributed by atoms with E-state index in [0.29, 0.717) is 16.5 Å². The Kier molecular flexibility index (Phi) is 6.87. The zero-order valence-corrected chi connectivity index (χ0v) is 16.6. The Morgan fingerprint density at radius 1 is 0.966 bits per heavy atom. The van der Waals surface area contributed by atoms with E-state index in [1.54, 1.807) is 30.3 Å². The van der Waals surface area contributed by atoms with Crippen molar-refractivity contribution in [3.8, 4) is 16.9 Å². The van der Waals surface area contributed by atoms with Gasteiger partial charge in [-0.25, -0.2) is 4.79 Å². The first-order chi connectivity index (χ1) is 14.0. The number of benzene rings is 3. The van der Waals surface area contributed by atoms with Crippen LogP contribution in [0.5, 0.6) is 5.75 Å². The van der Waals surface area contributed by atoms with Gasteiger partial charge in [-0.2, -0.15) is 0 Å². The molecule has 0 heterocycles. The van der Waals surface area contributed by atoms with E-state index in [1.165, 1.54) is 6.92 Å². The van der Waals surface area contributed by atoms with Crippen LogP contribution >= 0.6 is 11.6 Å². The van der Waals surface area contributed by atoms with Gasteiger partial charge in [0, 0.05) is 16.3 Å². The molecule has 1 amide bonds. The number of para-hydroxylation sites is 1. The SMILES string of the molecule is CC(OC(=O)COc1cccc(Cl)c1)C(=O)Nc1ccccc1-c1ccccc1. The molecule has 0 saturated carbocycles. The highest BCUT2D eigenvalue weighted by Gasteiger charge is 2.19. The average molecular weight is 410 g/mol. The summed E-state index contributed by atoms with van der Waals surface area (Å²) in [5.41, 5.74) is 2.49. The molecular weight excluding hydrogens is 390 g/mol. The quantitative estimate of drug-likeness (QED) is 0.560. The molecule has 3 rings (SSSR count). The first kappa shape index (κ1) is 20.4. The van der Waals surface area contributed by atoms with Gasteiger partial charge in [-0.3, -0.25) is 4.79 Å². The van der Waals surface area contributed by atoms with Crippen LogP contribution in [0.25, 0.3) is 11.1 Å². The van der Waals surface area contributed by atoms with Gasteiger partial charge in [-0.05, 0) is 36.8 Å². The molecule has 1 unspecified atom stereocenters. The van der Waals surface area contributed by atoms with E-state index in [1.807, 2.05) is 48.5 Å². The number of carbonyl (C=O) groups is 2. The summed E-state index contributed by atoms with van der Waals surface area (Å²) < 4.78 is 10.5. The number of hydrogen-bond acceptors (Lipinski definition) is 4. The lowest BCUT2D eigenvalue weighted by molar-refractivity contribution is -0.155. The lowest BCUT2D eigenvalue weighted by atomic mass is 10.0. The maximum atomic E-state index is 12.5. The molecule has 0 radical (unpaired) electrons. The zero-order chi connectivity index (χ0) is 20.6. The summed E-state index contributed by atoms with van der Waals surface area (Å²) in [5, 5.41) is 3.32. The van der Waals surface area contributed by atoms with E-state index in [0.717, 1.165) is 11.1 Å². The van der Waals surface area contributed by atoms with Gasteiger partial charge in [0.15, 0.2) is 12.7 Å². The first-order valence-electron chi connectivity index (χ1n) is 9.06. The van der Waals surface area contributed by atoms with Gasteiger partial charge < -0.3 is 14.8 Å². The highest BCUT2D eigenvalue weighted by atomic mass is 35.5. The predicted octanol–water partition coefficient (Wildman–Crippen LogP) is 4.96. The molecule has 6 heteroatoms. The highest BCUT2D eigenvalue weighted by molar-refractivity contribution is 6.30. The molecule has 0 spiro atoms. The van der Waals surface area contributed by atoms with E-state index < -0.39 is 18.0 Å². The van der Waals surface area contributed by atoms with Crippen LogP contribution in [0.15, 0.2) is 78.9 Å². The third kappa shape index (κ3) is 5.83. The third-order valence-electron chi connectivity index (χ3n) is 4.10. The van der Waals surface area contributed by atoms with E-state index in [2.05, 4.69) is 5.32 Å². The molecule has 1 N–H and O–H groups in total. The molecule has 3 aromatic rings. The number of hydrogen-bond donors (Lipinski definition) is 1. The highest BCUT2D eigenvalue weighted by Crippen LogP contribution is 2.27. The molecule has 148 valence electrons.